The van der Waals surface area contributed by atoms with Crippen molar-refractivity contribution >= 4 is 11.6 Å². The van der Waals surface area contributed by atoms with Crippen LogP contribution in [0.5, 0.6) is 5.75 Å². The van der Waals surface area contributed by atoms with E-state index in [1.165, 1.54) is 6.07 Å². The largest absolute Gasteiger partial charge is 0.488 e. The molecule has 0 bridgehead atoms. The molecule has 2 aliphatic rings. The lowest BCUT2D eigenvalue weighted by Gasteiger charge is -2.34. The molecular weight excluding hydrogens is 293 g/mol. The van der Waals surface area contributed by atoms with E-state index in [2.05, 4.69) is 5.32 Å². The molecule has 0 aromatic heterocycles. The number of benzene rings is 1. The molecule has 2 atom stereocenters. The molecule has 116 valence electrons. The Morgan fingerprint density at radius 2 is 2.05 bits per heavy atom. The van der Waals surface area contributed by atoms with Crippen LogP contribution in [0.2, 0.25) is 5.02 Å². The maximum atomic E-state index is 13.6. The molecule has 3 rings (SSSR count). The Labute approximate surface area is 129 Å². The Morgan fingerprint density at radius 3 is 2.76 bits per heavy atom. The Hall–Kier alpha value is -0.840. The normalized spacial score (nSPS) is 25.0. The van der Waals surface area contributed by atoms with Gasteiger partial charge in [-0.25, -0.2) is 4.39 Å². The number of hydrogen-bond donors (Lipinski definition) is 1. The van der Waals surface area contributed by atoms with E-state index >= 15 is 0 Å². The maximum absolute atomic E-state index is 13.6. The van der Waals surface area contributed by atoms with E-state index in [1.54, 1.807) is 12.1 Å². The first kappa shape index (κ1) is 15.1. The third-order valence-corrected chi connectivity index (χ3v) is 4.84. The van der Waals surface area contributed by atoms with Crippen molar-refractivity contribution in [3.8, 4) is 5.75 Å². The second kappa shape index (κ2) is 6.95. The Balaban J connectivity index is 1.79. The van der Waals surface area contributed by atoms with E-state index in [1.807, 2.05) is 0 Å². The first-order chi connectivity index (χ1) is 10.3. The van der Waals surface area contributed by atoms with Gasteiger partial charge in [0.25, 0.3) is 0 Å². The summed E-state index contributed by atoms with van der Waals surface area (Å²) in [6.07, 6.45) is 3.15. The van der Waals surface area contributed by atoms with Gasteiger partial charge in [0.1, 0.15) is 22.7 Å². The molecule has 1 aromatic rings. The van der Waals surface area contributed by atoms with Crippen LogP contribution < -0.4 is 10.1 Å². The molecule has 0 aliphatic carbocycles. The van der Waals surface area contributed by atoms with Crippen molar-refractivity contribution in [1.29, 1.82) is 0 Å². The third-order valence-electron chi connectivity index (χ3n) is 4.47. The van der Waals surface area contributed by atoms with Gasteiger partial charge in [0, 0.05) is 31.6 Å². The van der Waals surface area contributed by atoms with Crippen molar-refractivity contribution < 1.29 is 13.9 Å². The van der Waals surface area contributed by atoms with Crippen molar-refractivity contribution in [2.45, 2.75) is 25.4 Å². The smallest absolute Gasteiger partial charge is 0.145 e. The molecule has 21 heavy (non-hydrogen) atoms. The number of ether oxygens (including phenoxy) is 2. The molecule has 0 radical (unpaired) electrons. The molecular formula is C16H21ClFNO2. The van der Waals surface area contributed by atoms with Gasteiger partial charge in [-0.1, -0.05) is 17.7 Å². The summed E-state index contributed by atoms with van der Waals surface area (Å²) in [4.78, 5) is 0. The Bertz CT molecular complexity index is 473. The van der Waals surface area contributed by atoms with Gasteiger partial charge in [-0.15, -0.1) is 0 Å². The topological polar surface area (TPSA) is 30.5 Å². The minimum absolute atomic E-state index is 0.0724. The van der Waals surface area contributed by atoms with Crippen LogP contribution in [-0.4, -0.2) is 32.4 Å². The molecule has 2 heterocycles. The summed E-state index contributed by atoms with van der Waals surface area (Å²) in [5.74, 6) is 0.930. The van der Waals surface area contributed by atoms with Crippen LogP contribution in [0.1, 0.15) is 19.3 Å². The van der Waals surface area contributed by atoms with Crippen molar-refractivity contribution in [2.75, 3.05) is 26.3 Å². The van der Waals surface area contributed by atoms with E-state index in [0.717, 1.165) is 45.6 Å². The lowest BCUT2D eigenvalue weighted by atomic mass is 9.85. The number of hydrogen-bond acceptors (Lipinski definition) is 3. The molecule has 1 N–H and O–H groups in total. The molecule has 2 fully saturated rings. The lowest BCUT2D eigenvalue weighted by Crippen LogP contribution is -2.39. The molecule has 3 nitrogen and oxygen atoms in total. The predicted octanol–water partition coefficient (Wildman–Crippen LogP) is 3.26. The molecule has 1 aromatic carbocycles. The van der Waals surface area contributed by atoms with Gasteiger partial charge in [0.05, 0.1) is 0 Å². The maximum Gasteiger partial charge on any atom is 0.145 e. The third kappa shape index (κ3) is 3.50. The summed E-state index contributed by atoms with van der Waals surface area (Å²) < 4.78 is 25.2. The van der Waals surface area contributed by atoms with Crippen LogP contribution in [-0.2, 0) is 4.74 Å². The van der Waals surface area contributed by atoms with Gasteiger partial charge >= 0.3 is 0 Å². The van der Waals surface area contributed by atoms with E-state index in [9.17, 15) is 4.39 Å². The Morgan fingerprint density at radius 1 is 1.24 bits per heavy atom. The molecule has 2 saturated heterocycles. The highest BCUT2D eigenvalue weighted by Crippen LogP contribution is 2.34. The minimum atomic E-state index is -0.426. The van der Waals surface area contributed by atoms with Gasteiger partial charge in [-0.05, 0) is 37.9 Å². The summed E-state index contributed by atoms with van der Waals surface area (Å²) >= 11 is 6.04. The standard InChI is InChI=1S/C16H21ClFNO2/c17-15-13(18)2-1-3-14(15)21-16(12-4-7-19-10-12)11-5-8-20-9-6-11/h1-3,11-12,16,19H,4-10H2/t12-,16+/m0/s1. The molecule has 0 unspecified atom stereocenters. The first-order valence-electron chi connectivity index (χ1n) is 7.65. The summed E-state index contributed by atoms with van der Waals surface area (Å²) in [5.41, 5.74) is 0. The zero-order chi connectivity index (χ0) is 14.7. The zero-order valence-electron chi connectivity index (χ0n) is 12.0. The lowest BCUT2D eigenvalue weighted by molar-refractivity contribution is -0.00140. The fourth-order valence-electron chi connectivity index (χ4n) is 3.30. The quantitative estimate of drug-likeness (QED) is 0.925. The fourth-order valence-corrected chi connectivity index (χ4v) is 3.47. The summed E-state index contributed by atoms with van der Waals surface area (Å²) in [6, 6.07) is 4.75. The summed E-state index contributed by atoms with van der Waals surface area (Å²) in [6.45, 7) is 3.53. The van der Waals surface area contributed by atoms with E-state index in [-0.39, 0.29) is 11.1 Å². The highest BCUT2D eigenvalue weighted by molar-refractivity contribution is 6.32. The van der Waals surface area contributed by atoms with Crippen molar-refractivity contribution in [2.24, 2.45) is 11.8 Å². The van der Waals surface area contributed by atoms with Crippen molar-refractivity contribution in [1.82, 2.24) is 5.32 Å². The average Bonchev–Trinajstić information content (AvgIpc) is 3.04. The monoisotopic (exact) mass is 313 g/mol. The van der Waals surface area contributed by atoms with Gasteiger partial charge in [0.2, 0.25) is 0 Å². The summed E-state index contributed by atoms with van der Waals surface area (Å²) in [5, 5.41) is 3.47. The molecule has 5 heteroatoms. The van der Waals surface area contributed by atoms with Crippen LogP contribution in [0.25, 0.3) is 0 Å². The highest BCUT2D eigenvalue weighted by atomic mass is 35.5. The molecule has 0 amide bonds. The molecule has 0 saturated carbocycles. The number of rotatable bonds is 4. The minimum Gasteiger partial charge on any atom is -0.488 e. The second-order valence-corrected chi connectivity index (χ2v) is 6.22. The molecule has 2 aliphatic heterocycles. The summed E-state index contributed by atoms with van der Waals surface area (Å²) in [7, 11) is 0. The van der Waals surface area contributed by atoms with Gasteiger partial charge in [0.15, 0.2) is 0 Å². The van der Waals surface area contributed by atoms with Crippen molar-refractivity contribution in [3.63, 3.8) is 0 Å². The van der Waals surface area contributed by atoms with Crippen molar-refractivity contribution in [3.05, 3.63) is 29.0 Å². The second-order valence-electron chi connectivity index (χ2n) is 5.84. The SMILES string of the molecule is Fc1cccc(O[C@H](C2CCOCC2)[C@H]2CCNC2)c1Cl. The van der Waals surface area contributed by atoms with E-state index < -0.39 is 5.82 Å². The zero-order valence-corrected chi connectivity index (χ0v) is 12.7. The van der Waals surface area contributed by atoms with Crippen LogP contribution in [0.3, 0.4) is 0 Å². The van der Waals surface area contributed by atoms with E-state index in [0.29, 0.717) is 17.6 Å². The van der Waals surface area contributed by atoms with Gasteiger partial charge in [-0.2, -0.15) is 0 Å². The Kier molecular flexibility index (Phi) is 4.99. The van der Waals surface area contributed by atoms with Crippen LogP contribution in [0.15, 0.2) is 18.2 Å². The van der Waals surface area contributed by atoms with Crippen LogP contribution in [0, 0.1) is 17.7 Å². The fraction of sp³-hybridized carbons (Fsp3) is 0.625. The van der Waals surface area contributed by atoms with Gasteiger partial charge < -0.3 is 14.8 Å². The van der Waals surface area contributed by atoms with Gasteiger partial charge in [-0.3, -0.25) is 0 Å². The van der Waals surface area contributed by atoms with Crippen LogP contribution in [0.4, 0.5) is 4.39 Å². The number of halogens is 2. The molecule has 0 spiro atoms. The highest BCUT2D eigenvalue weighted by Gasteiger charge is 2.34. The predicted molar refractivity (Wildman–Crippen MR) is 80.3 cm³/mol. The number of nitrogens with one attached hydrogen (secondary N) is 1. The van der Waals surface area contributed by atoms with E-state index in [4.69, 9.17) is 21.1 Å². The average molecular weight is 314 g/mol. The van der Waals surface area contributed by atoms with Crippen LogP contribution >= 0.6 is 11.6 Å². The first-order valence-corrected chi connectivity index (χ1v) is 8.02.